The maximum Gasteiger partial charge on any atom is 0.257 e. The third-order valence-electron chi connectivity index (χ3n) is 0.814. The van der Waals surface area contributed by atoms with Crippen LogP contribution in [0.2, 0.25) is 0 Å². The first kappa shape index (κ1) is 4.30. The van der Waals surface area contributed by atoms with E-state index in [0.29, 0.717) is 0 Å². The van der Waals surface area contributed by atoms with Gasteiger partial charge in [-0.3, -0.25) is 4.58 Å². The molecule has 1 heterocycles. The summed E-state index contributed by atoms with van der Waals surface area (Å²) in [7, 11) is 1.98. The molecule has 0 saturated carbocycles. The van der Waals surface area contributed by atoms with Gasteiger partial charge < -0.3 is 0 Å². The molecule has 0 radical (unpaired) electrons. The molecular weight excluding hydrogens is 90.1 g/mol. The predicted octanol–water partition coefficient (Wildman–Crippen LogP) is -0.754. The van der Waals surface area contributed by atoms with Gasteiger partial charge in [-0.15, -0.1) is 0 Å². The summed E-state index contributed by atoms with van der Waals surface area (Å²) in [4.78, 5) is 0. The zero-order valence-electron chi connectivity index (χ0n) is 4.26. The van der Waals surface area contributed by atoms with Crippen LogP contribution >= 0.6 is 0 Å². The van der Waals surface area contributed by atoms with Gasteiger partial charge in [0.05, 0.1) is 13.3 Å². The molecule has 3 nitrogen and oxygen atoms in total. The Kier molecular flexibility index (Phi) is 1.06. The van der Waals surface area contributed by atoms with Crippen LogP contribution in [0.3, 0.4) is 0 Å². The van der Waals surface area contributed by atoms with Crippen molar-refractivity contribution in [3.05, 3.63) is 0 Å². The Balaban J connectivity index is 2.50. The van der Waals surface area contributed by atoms with Crippen molar-refractivity contribution in [3.63, 3.8) is 0 Å². The Labute approximate surface area is 42.3 Å². The molecule has 3 heteroatoms. The maximum absolute atomic E-state index is 3.76. The second kappa shape index (κ2) is 1.73. The molecular formula is C4H8N3+. The van der Waals surface area contributed by atoms with E-state index in [1.54, 1.807) is 0 Å². The van der Waals surface area contributed by atoms with Crippen molar-refractivity contribution >= 4 is 12.6 Å². The molecule has 7 heavy (non-hydrogen) atoms. The van der Waals surface area contributed by atoms with Gasteiger partial charge in [0.1, 0.15) is 6.54 Å². The molecule has 1 aliphatic rings. The molecule has 1 rings (SSSR count). The number of hydrogen-bond acceptors (Lipinski definition) is 2. The monoisotopic (exact) mass is 98.1 g/mol. The van der Waals surface area contributed by atoms with Crippen LogP contribution in [0.15, 0.2) is 5.10 Å². The van der Waals surface area contributed by atoms with E-state index in [-0.39, 0.29) is 0 Å². The van der Waals surface area contributed by atoms with E-state index in [2.05, 4.69) is 10.5 Å². The average Bonchev–Trinajstić information content (AvgIpc) is 1.69. The molecule has 1 aliphatic heterocycles. The molecule has 0 spiro atoms. The van der Waals surface area contributed by atoms with Crippen LogP contribution in [0.1, 0.15) is 0 Å². The highest BCUT2D eigenvalue weighted by Crippen LogP contribution is 1.66. The largest absolute Gasteiger partial charge is 0.264 e. The van der Waals surface area contributed by atoms with Gasteiger partial charge in [-0.05, 0) is 0 Å². The lowest BCUT2D eigenvalue weighted by molar-refractivity contribution is -0.478. The Hall–Kier alpha value is -0.860. The fourth-order valence-electron chi connectivity index (χ4n) is 0.407. The summed E-state index contributed by atoms with van der Waals surface area (Å²) in [6.07, 6.45) is 3.64. The van der Waals surface area contributed by atoms with E-state index in [1.165, 1.54) is 0 Å². The van der Waals surface area contributed by atoms with Gasteiger partial charge in [0.2, 0.25) is 0 Å². The lowest BCUT2D eigenvalue weighted by atomic mass is 10.7. The highest BCUT2D eigenvalue weighted by Gasteiger charge is 1.91. The van der Waals surface area contributed by atoms with Gasteiger partial charge in [0, 0.05) is 0 Å². The van der Waals surface area contributed by atoms with Crippen LogP contribution in [-0.4, -0.2) is 30.7 Å². The van der Waals surface area contributed by atoms with Crippen LogP contribution < -0.4 is 5.43 Å². The van der Waals surface area contributed by atoms with E-state index in [0.717, 1.165) is 6.54 Å². The van der Waals surface area contributed by atoms with E-state index >= 15 is 0 Å². The summed E-state index contributed by atoms with van der Waals surface area (Å²) in [5.74, 6) is 0. The molecule has 0 aromatic rings. The molecule has 0 aliphatic carbocycles. The van der Waals surface area contributed by atoms with Crippen LogP contribution in [-0.2, 0) is 0 Å². The van der Waals surface area contributed by atoms with Gasteiger partial charge in [-0.1, -0.05) is 5.10 Å². The van der Waals surface area contributed by atoms with Crippen molar-refractivity contribution in [2.75, 3.05) is 13.6 Å². The van der Waals surface area contributed by atoms with Crippen molar-refractivity contribution in [1.29, 1.82) is 0 Å². The summed E-state index contributed by atoms with van der Waals surface area (Å²) < 4.78 is 2.01. The molecule has 0 fully saturated rings. The van der Waals surface area contributed by atoms with Gasteiger partial charge in [-0.2, -0.15) is 5.43 Å². The second-order valence-electron chi connectivity index (χ2n) is 1.51. The summed E-state index contributed by atoms with van der Waals surface area (Å²) in [6, 6.07) is 0. The number of nitrogens with zero attached hydrogens (tertiary/aromatic N) is 2. The number of hydrazone groups is 1. The van der Waals surface area contributed by atoms with Crippen LogP contribution in [0, 0.1) is 0 Å². The smallest absolute Gasteiger partial charge is 0.257 e. The zero-order chi connectivity index (χ0) is 5.11. The summed E-state index contributed by atoms with van der Waals surface area (Å²) in [5.41, 5.74) is 2.70. The van der Waals surface area contributed by atoms with Crippen LogP contribution in [0.25, 0.3) is 0 Å². The third kappa shape index (κ3) is 0.994. The van der Waals surface area contributed by atoms with E-state index in [1.807, 2.05) is 24.2 Å². The van der Waals surface area contributed by atoms with Gasteiger partial charge in [0.25, 0.3) is 6.34 Å². The highest BCUT2D eigenvalue weighted by molar-refractivity contribution is 5.63. The van der Waals surface area contributed by atoms with Crippen LogP contribution in [0.4, 0.5) is 0 Å². The Bertz CT molecular complexity index is 114. The molecule has 0 amide bonds. The molecule has 0 unspecified atom stereocenters. The molecule has 1 N–H and O–H groups in total. The predicted molar refractivity (Wildman–Crippen MR) is 28.7 cm³/mol. The number of rotatable bonds is 0. The van der Waals surface area contributed by atoms with E-state index in [4.69, 9.17) is 0 Å². The molecule has 0 atom stereocenters. The highest BCUT2D eigenvalue weighted by atomic mass is 15.3. The molecule has 38 valence electrons. The molecule has 0 aromatic heterocycles. The van der Waals surface area contributed by atoms with Crippen molar-refractivity contribution < 1.29 is 4.58 Å². The summed E-state index contributed by atoms with van der Waals surface area (Å²) in [6.45, 7) is 0.910. The van der Waals surface area contributed by atoms with Gasteiger partial charge in [0.15, 0.2) is 0 Å². The first-order chi connectivity index (χ1) is 3.39. The minimum Gasteiger partial charge on any atom is -0.264 e. The lowest BCUT2D eigenvalue weighted by Gasteiger charge is -1.95. The zero-order valence-corrected chi connectivity index (χ0v) is 4.26. The maximum atomic E-state index is 3.76. The minimum absolute atomic E-state index is 0.910. The van der Waals surface area contributed by atoms with Crippen LogP contribution in [0.5, 0.6) is 0 Å². The fraction of sp³-hybridized carbons (Fsp3) is 0.500. The molecule has 0 aromatic carbocycles. The van der Waals surface area contributed by atoms with Crippen molar-refractivity contribution in [2.45, 2.75) is 0 Å². The summed E-state index contributed by atoms with van der Waals surface area (Å²) in [5, 5.41) is 3.76. The quantitative estimate of drug-likeness (QED) is 0.396. The molecule has 0 bridgehead atoms. The van der Waals surface area contributed by atoms with E-state index in [9.17, 15) is 0 Å². The normalized spacial score (nSPS) is 18.1. The number of hydrogen-bond donors (Lipinski definition) is 1. The summed E-state index contributed by atoms with van der Waals surface area (Å²) >= 11 is 0. The lowest BCUT2D eigenvalue weighted by Crippen LogP contribution is -2.22. The standard InChI is InChI=1S/C4H7N3/c1-7-3-2-5-6-4-7/h2,4H,3H2,1H3/p+1. The SMILES string of the molecule is C[N+]1=CNN=CC1. The third-order valence-corrected chi connectivity index (χ3v) is 0.814. The van der Waals surface area contributed by atoms with Crippen molar-refractivity contribution in [3.8, 4) is 0 Å². The average molecular weight is 98.1 g/mol. The Morgan fingerprint density at radius 2 is 2.71 bits per heavy atom. The fourth-order valence-corrected chi connectivity index (χ4v) is 0.407. The Morgan fingerprint density at radius 1 is 1.86 bits per heavy atom. The van der Waals surface area contributed by atoms with Gasteiger partial charge in [-0.25, -0.2) is 0 Å². The second-order valence-corrected chi connectivity index (χ2v) is 1.51. The first-order valence-electron chi connectivity index (χ1n) is 2.20. The topological polar surface area (TPSA) is 27.4 Å². The minimum atomic E-state index is 0.910. The van der Waals surface area contributed by atoms with Crippen molar-refractivity contribution in [2.24, 2.45) is 5.10 Å². The first-order valence-corrected chi connectivity index (χ1v) is 2.20. The molecule has 0 saturated heterocycles. The number of nitrogens with one attached hydrogen (secondary N) is 1. The van der Waals surface area contributed by atoms with Crippen molar-refractivity contribution in [1.82, 2.24) is 5.43 Å². The Morgan fingerprint density at radius 3 is 3.00 bits per heavy atom. The van der Waals surface area contributed by atoms with E-state index < -0.39 is 0 Å². The van der Waals surface area contributed by atoms with Gasteiger partial charge >= 0.3 is 0 Å².